The average Bonchev–Trinajstić information content (AvgIpc) is 2.29. The van der Waals surface area contributed by atoms with Crippen LogP contribution < -0.4 is 0 Å². The van der Waals surface area contributed by atoms with Crippen LogP contribution in [0, 0.1) is 5.41 Å². The van der Waals surface area contributed by atoms with Gasteiger partial charge < -0.3 is 14.9 Å². The van der Waals surface area contributed by atoms with E-state index in [2.05, 4.69) is 19.5 Å². The minimum absolute atomic E-state index is 0.159. The largest absolute Gasteiger partial charge is 0.469 e. The first-order valence-corrected chi connectivity index (χ1v) is 6.16. The van der Waals surface area contributed by atoms with Crippen LogP contribution in [-0.2, 0) is 9.09 Å². The molecular formula is C8H16N3O5P. The van der Waals surface area contributed by atoms with Gasteiger partial charge in [0, 0.05) is 5.41 Å². The lowest BCUT2D eigenvalue weighted by molar-refractivity contribution is 0.0771. The number of hydrogen-bond acceptors (Lipinski definition) is 6. The minimum atomic E-state index is -4.39. The summed E-state index contributed by atoms with van der Waals surface area (Å²) in [6.07, 6.45) is 4.31. The molecule has 0 radical (unpaired) electrons. The van der Waals surface area contributed by atoms with E-state index in [9.17, 15) is 4.57 Å². The second-order valence-electron chi connectivity index (χ2n) is 3.88. The Morgan fingerprint density at radius 1 is 1.18 bits per heavy atom. The van der Waals surface area contributed by atoms with Crippen LogP contribution in [0.3, 0.4) is 0 Å². The number of aliphatic hydroxyl groups excluding tert-OH is 1. The number of aliphatic hydroxyl groups is 1. The van der Waals surface area contributed by atoms with Crippen molar-refractivity contribution in [1.82, 2.24) is 15.0 Å². The number of nitrogens with zero attached hydrogens (tertiary/aromatic N) is 3. The Bertz CT molecular complexity index is 316. The SMILES string of the molecule is CC(C)(CO)COP(=O)(O)O.c1ncncn1. The highest BCUT2D eigenvalue weighted by Crippen LogP contribution is 2.37. The lowest BCUT2D eigenvalue weighted by Gasteiger charge is -2.20. The van der Waals surface area contributed by atoms with Crippen molar-refractivity contribution in [3.63, 3.8) is 0 Å². The van der Waals surface area contributed by atoms with E-state index in [1.54, 1.807) is 13.8 Å². The van der Waals surface area contributed by atoms with Gasteiger partial charge in [-0.2, -0.15) is 0 Å². The van der Waals surface area contributed by atoms with Gasteiger partial charge in [0.2, 0.25) is 0 Å². The number of rotatable bonds is 4. The second-order valence-corrected chi connectivity index (χ2v) is 5.12. The molecule has 8 nitrogen and oxygen atoms in total. The molecule has 0 amide bonds. The molecule has 98 valence electrons. The molecule has 0 saturated carbocycles. The van der Waals surface area contributed by atoms with Crippen molar-refractivity contribution in [3.05, 3.63) is 19.0 Å². The Balaban J connectivity index is 0.000000354. The van der Waals surface area contributed by atoms with E-state index < -0.39 is 13.2 Å². The smallest absolute Gasteiger partial charge is 0.396 e. The maximum Gasteiger partial charge on any atom is 0.469 e. The van der Waals surface area contributed by atoms with Gasteiger partial charge in [-0.3, -0.25) is 4.52 Å². The first-order valence-electron chi connectivity index (χ1n) is 4.63. The predicted octanol–water partition coefficient (Wildman–Crippen LogP) is -0.0142. The molecule has 0 aliphatic heterocycles. The number of hydrogen-bond donors (Lipinski definition) is 3. The molecule has 0 aliphatic carbocycles. The molecule has 1 aromatic heterocycles. The zero-order valence-electron chi connectivity index (χ0n) is 9.59. The van der Waals surface area contributed by atoms with Crippen molar-refractivity contribution >= 4 is 7.82 Å². The second kappa shape index (κ2) is 7.41. The molecule has 0 bridgehead atoms. The van der Waals surface area contributed by atoms with Crippen LogP contribution in [0.15, 0.2) is 19.0 Å². The highest BCUT2D eigenvalue weighted by molar-refractivity contribution is 7.46. The van der Waals surface area contributed by atoms with Crippen LogP contribution in [0.4, 0.5) is 0 Å². The van der Waals surface area contributed by atoms with Crippen LogP contribution >= 0.6 is 7.82 Å². The summed E-state index contributed by atoms with van der Waals surface area (Å²) in [5.74, 6) is 0. The van der Waals surface area contributed by atoms with Gasteiger partial charge in [0.05, 0.1) is 13.2 Å². The molecule has 3 N–H and O–H groups in total. The highest BCUT2D eigenvalue weighted by Gasteiger charge is 2.22. The normalized spacial score (nSPS) is 11.6. The van der Waals surface area contributed by atoms with Gasteiger partial charge in [0.25, 0.3) is 0 Å². The maximum absolute atomic E-state index is 10.2. The zero-order valence-corrected chi connectivity index (χ0v) is 10.5. The summed E-state index contributed by atoms with van der Waals surface area (Å²) in [4.78, 5) is 27.3. The van der Waals surface area contributed by atoms with E-state index in [0.29, 0.717) is 0 Å². The third-order valence-corrected chi connectivity index (χ3v) is 1.92. The van der Waals surface area contributed by atoms with Gasteiger partial charge >= 0.3 is 7.82 Å². The molecule has 17 heavy (non-hydrogen) atoms. The van der Waals surface area contributed by atoms with E-state index >= 15 is 0 Å². The zero-order chi connectivity index (χ0) is 13.4. The van der Waals surface area contributed by atoms with Crippen molar-refractivity contribution in [2.45, 2.75) is 13.8 Å². The molecule has 0 aromatic carbocycles. The molecule has 0 unspecified atom stereocenters. The van der Waals surface area contributed by atoms with Crippen molar-refractivity contribution in [2.75, 3.05) is 13.2 Å². The third-order valence-electron chi connectivity index (χ3n) is 1.45. The quantitative estimate of drug-likeness (QED) is 0.649. The van der Waals surface area contributed by atoms with Crippen LogP contribution in [0.5, 0.6) is 0 Å². The topological polar surface area (TPSA) is 126 Å². The van der Waals surface area contributed by atoms with Crippen LogP contribution in [0.2, 0.25) is 0 Å². The number of phosphoric ester groups is 1. The summed E-state index contributed by atoms with van der Waals surface area (Å²) in [5.41, 5.74) is -0.610. The van der Waals surface area contributed by atoms with Crippen molar-refractivity contribution in [1.29, 1.82) is 0 Å². The fourth-order valence-corrected chi connectivity index (χ4v) is 1.03. The van der Waals surface area contributed by atoms with E-state index in [1.165, 1.54) is 19.0 Å². The molecular weight excluding hydrogens is 249 g/mol. The van der Waals surface area contributed by atoms with Crippen molar-refractivity contribution < 1.29 is 24.0 Å². The van der Waals surface area contributed by atoms with Gasteiger partial charge in [-0.25, -0.2) is 19.5 Å². The first-order chi connectivity index (χ1) is 7.77. The molecule has 0 spiro atoms. The minimum Gasteiger partial charge on any atom is -0.396 e. The van der Waals surface area contributed by atoms with Crippen LogP contribution in [0.25, 0.3) is 0 Å². The third kappa shape index (κ3) is 11.3. The fourth-order valence-electron chi connectivity index (χ4n) is 0.509. The molecule has 0 fully saturated rings. The monoisotopic (exact) mass is 265 g/mol. The summed E-state index contributed by atoms with van der Waals surface area (Å²) >= 11 is 0. The average molecular weight is 265 g/mol. The first kappa shape index (κ1) is 16.1. The van der Waals surface area contributed by atoms with E-state index in [0.717, 1.165) is 0 Å². The Kier molecular flexibility index (Phi) is 7.01. The fraction of sp³-hybridized carbons (Fsp3) is 0.625. The van der Waals surface area contributed by atoms with Crippen molar-refractivity contribution in [2.24, 2.45) is 5.41 Å². The molecule has 0 atom stereocenters. The standard InChI is InChI=1S/C5H13O5P.C3H3N3/c1-5(2,3-6)4-10-11(7,8)9;1-4-2-6-3-5-1/h6H,3-4H2,1-2H3,(H2,7,8,9);1-3H. The highest BCUT2D eigenvalue weighted by atomic mass is 31.2. The Labute approximate surface area is 99.0 Å². The maximum atomic E-state index is 10.2. The summed E-state index contributed by atoms with van der Waals surface area (Å²) in [5, 5.41) is 8.66. The van der Waals surface area contributed by atoms with Crippen LogP contribution in [-0.4, -0.2) is 43.1 Å². The molecule has 9 heteroatoms. The van der Waals surface area contributed by atoms with Gasteiger partial charge in [0.1, 0.15) is 19.0 Å². The Hall–Kier alpha value is -0.920. The van der Waals surface area contributed by atoms with Crippen LogP contribution in [0.1, 0.15) is 13.8 Å². The van der Waals surface area contributed by atoms with E-state index in [1.807, 2.05) is 0 Å². The molecule has 1 rings (SSSR count). The number of phosphoric acid groups is 1. The molecule has 1 aromatic rings. The van der Waals surface area contributed by atoms with Gasteiger partial charge in [-0.1, -0.05) is 13.8 Å². The summed E-state index contributed by atoms with van der Waals surface area (Å²) in [6, 6.07) is 0. The van der Waals surface area contributed by atoms with E-state index in [-0.39, 0.29) is 13.2 Å². The van der Waals surface area contributed by atoms with Gasteiger partial charge in [0.15, 0.2) is 0 Å². The van der Waals surface area contributed by atoms with E-state index in [4.69, 9.17) is 14.9 Å². The molecule has 1 heterocycles. The molecule has 0 aliphatic rings. The van der Waals surface area contributed by atoms with Gasteiger partial charge in [-0.05, 0) is 0 Å². The lowest BCUT2D eigenvalue weighted by Crippen LogP contribution is -2.22. The molecule has 0 saturated heterocycles. The summed E-state index contributed by atoms with van der Waals surface area (Å²) < 4.78 is 14.4. The summed E-state index contributed by atoms with van der Waals surface area (Å²) in [6.45, 7) is 2.95. The van der Waals surface area contributed by atoms with Gasteiger partial charge in [-0.15, -0.1) is 0 Å². The van der Waals surface area contributed by atoms with Crippen molar-refractivity contribution in [3.8, 4) is 0 Å². The Morgan fingerprint density at radius 2 is 1.59 bits per heavy atom. The Morgan fingerprint density at radius 3 is 1.82 bits per heavy atom. The summed E-state index contributed by atoms with van der Waals surface area (Å²) in [7, 11) is -4.39. The lowest BCUT2D eigenvalue weighted by atomic mass is 9.97. The number of aromatic nitrogens is 3. The predicted molar refractivity (Wildman–Crippen MR) is 58.7 cm³/mol.